The number of aromatic amines is 1. The van der Waals surface area contributed by atoms with Crippen molar-refractivity contribution in [2.75, 3.05) is 0 Å². The number of rotatable bonds is 3. The number of fused-ring (bicyclic) bond motifs is 1. The van der Waals surface area contributed by atoms with Crippen LogP contribution >= 0.6 is 0 Å². The van der Waals surface area contributed by atoms with Crippen LogP contribution in [0.2, 0.25) is 0 Å². The molecule has 146 valence electrons. The van der Waals surface area contributed by atoms with Gasteiger partial charge in [-0.1, -0.05) is 6.07 Å². The molecule has 2 heterocycles. The second kappa shape index (κ2) is 6.33. The van der Waals surface area contributed by atoms with Crippen LogP contribution in [-0.4, -0.2) is 26.5 Å². The molecule has 0 unspecified atom stereocenters. The Kier molecular flexibility index (Phi) is 4.17. The molecule has 6 nitrogen and oxygen atoms in total. The van der Waals surface area contributed by atoms with Crippen molar-refractivity contribution >= 4 is 17.1 Å². The summed E-state index contributed by atoms with van der Waals surface area (Å²) in [5, 5.41) is 3.06. The SMILES string of the molecule is Cc1cc(C)c(-c2cnc3c(c2)[nH]c(=O)n3C(C)(C)C)cc1C(=O)NC1CC1. The van der Waals surface area contributed by atoms with Crippen LogP contribution in [0.25, 0.3) is 22.3 Å². The molecule has 2 aromatic heterocycles. The van der Waals surface area contributed by atoms with Crippen LogP contribution in [0, 0.1) is 13.8 Å². The highest BCUT2D eigenvalue weighted by molar-refractivity contribution is 5.97. The van der Waals surface area contributed by atoms with Crippen LogP contribution in [-0.2, 0) is 5.54 Å². The predicted molar refractivity (Wildman–Crippen MR) is 111 cm³/mol. The third-order valence-corrected chi connectivity index (χ3v) is 5.23. The fraction of sp³-hybridized carbons (Fsp3) is 0.409. The van der Waals surface area contributed by atoms with E-state index in [-0.39, 0.29) is 17.1 Å². The summed E-state index contributed by atoms with van der Waals surface area (Å²) in [6, 6.07) is 6.22. The number of carbonyl (C=O) groups is 1. The number of pyridine rings is 1. The number of benzene rings is 1. The molecular formula is C22H26N4O2. The molecule has 0 radical (unpaired) electrons. The zero-order chi connectivity index (χ0) is 20.2. The maximum Gasteiger partial charge on any atom is 0.328 e. The molecule has 0 saturated heterocycles. The van der Waals surface area contributed by atoms with E-state index >= 15 is 0 Å². The molecule has 1 saturated carbocycles. The lowest BCUT2D eigenvalue weighted by atomic mass is 9.95. The quantitative estimate of drug-likeness (QED) is 0.730. The first kappa shape index (κ1) is 18.5. The molecule has 1 aliphatic carbocycles. The molecule has 2 N–H and O–H groups in total. The van der Waals surface area contributed by atoms with Crippen LogP contribution in [0.3, 0.4) is 0 Å². The molecule has 1 amide bonds. The minimum Gasteiger partial charge on any atom is -0.349 e. The number of nitrogens with zero attached hydrogens (tertiary/aromatic N) is 2. The molecule has 1 fully saturated rings. The van der Waals surface area contributed by atoms with Gasteiger partial charge in [0, 0.05) is 28.9 Å². The zero-order valence-electron chi connectivity index (χ0n) is 17.0. The molecule has 0 aliphatic heterocycles. The topological polar surface area (TPSA) is 79.8 Å². The summed E-state index contributed by atoms with van der Waals surface area (Å²) in [6.45, 7) is 9.92. The Labute approximate surface area is 164 Å². The van der Waals surface area contributed by atoms with Gasteiger partial charge in [0.15, 0.2) is 5.65 Å². The van der Waals surface area contributed by atoms with Gasteiger partial charge in [-0.05, 0) is 76.3 Å². The molecule has 1 aliphatic rings. The van der Waals surface area contributed by atoms with E-state index in [9.17, 15) is 9.59 Å². The first-order valence-electron chi connectivity index (χ1n) is 9.69. The number of amides is 1. The summed E-state index contributed by atoms with van der Waals surface area (Å²) in [4.78, 5) is 32.5. The highest BCUT2D eigenvalue weighted by Gasteiger charge is 2.25. The van der Waals surface area contributed by atoms with Gasteiger partial charge in [0.05, 0.1) is 5.52 Å². The normalized spacial score (nSPS) is 14.5. The van der Waals surface area contributed by atoms with Gasteiger partial charge >= 0.3 is 5.69 Å². The third kappa shape index (κ3) is 3.23. The fourth-order valence-corrected chi connectivity index (χ4v) is 3.66. The standard InChI is InChI=1S/C22H26N4O2/c1-12-8-13(2)17(20(27)24-15-6-7-15)10-16(12)14-9-18-19(23-11-14)26(21(28)25-18)22(3,4)5/h8-11,15H,6-7H2,1-5H3,(H,24,27)(H,25,28). The maximum atomic E-state index is 12.6. The number of nitrogens with one attached hydrogen (secondary N) is 2. The molecule has 6 heteroatoms. The highest BCUT2D eigenvalue weighted by Crippen LogP contribution is 2.29. The number of carbonyl (C=O) groups excluding carboxylic acids is 1. The fourth-order valence-electron chi connectivity index (χ4n) is 3.66. The Morgan fingerprint density at radius 2 is 1.89 bits per heavy atom. The first-order valence-corrected chi connectivity index (χ1v) is 9.69. The number of hydrogen-bond donors (Lipinski definition) is 2. The Morgan fingerprint density at radius 3 is 2.54 bits per heavy atom. The summed E-state index contributed by atoms with van der Waals surface area (Å²) in [6.07, 6.45) is 3.89. The van der Waals surface area contributed by atoms with Crippen molar-refractivity contribution in [1.29, 1.82) is 0 Å². The Balaban J connectivity index is 1.81. The lowest BCUT2D eigenvalue weighted by Gasteiger charge is -2.20. The molecule has 28 heavy (non-hydrogen) atoms. The number of hydrogen-bond acceptors (Lipinski definition) is 3. The van der Waals surface area contributed by atoms with Gasteiger partial charge in [-0.2, -0.15) is 0 Å². The highest BCUT2D eigenvalue weighted by atomic mass is 16.2. The summed E-state index contributed by atoms with van der Waals surface area (Å²) < 4.78 is 1.67. The van der Waals surface area contributed by atoms with Crippen molar-refractivity contribution in [1.82, 2.24) is 19.9 Å². The lowest BCUT2D eigenvalue weighted by Crippen LogP contribution is -2.32. The molecule has 1 aromatic carbocycles. The van der Waals surface area contributed by atoms with Gasteiger partial charge in [-0.25, -0.2) is 9.78 Å². The molecular weight excluding hydrogens is 352 g/mol. The van der Waals surface area contributed by atoms with Crippen molar-refractivity contribution in [2.24, 2.45) is 0 Å². The van der Waals surface area contributed by atoms with Crippen molar-refractivity contribution in [3.63, 3.8) is 0 Å². The first-order chi connectivity index (χ1) is 13.1. The van der Waals surface area contributed by atoms with Crippen LogP contribution in [0.5, 0.6) is 0 Å². The Hall–Kier alpha value is -2.89. The Bertz CT molecular complexity index is 1140. The summed E-state index contributed by atoms with van der Waals surface area (Å²) in [5.41, 5.74) is 5.35. The van der Waals surface area contributed by atoms with Crippen molar-refractivity contribution in [3.05, 3.63) is 51.6 Å². The van der Waals surface area contributed by atoms with Gasteiger partial charge in [0.1, 0.15) is 0 Å². The van der Waals surface area contributed by atoms with E-state index in [2.05, 4.69) is 15.3 Å². The molecule has 3 aromatic rings. The summed E-state index contributed by atoms with van der Waals surface area (Å²) in [7, 11) is 0. The minimum atomic E-state index is -0.363. The zero-order valence-corrected chi connectivity index (χ0v) is 17.0. The van der Waals surface area contributed by atoms with Gasteiger partial charge in [0.2, 0.25) is 0 Å². The van der Waals surface area contributed by atoms with Gasteiger partial charge in [0.25, 0.3) is 5.91 Å². The van der Waals surface area contributed by atoms with E-state index in [1.54, 1.807) is 10.8 Å². The van der Waals surface area contributed by atoms with E-state index in [4.69, 9.17) is 0 Å². The Morgan fingerprint density at radius 1 is 1.18 bits per heavy atom. The molecule has 0 spiro atoms. The van der Waals surface area contributed by atoms with Crippen molar-refractivity contribution in [3.8, 4) is 11.1 Å². The predicted octanol–water partition coefficient (Wildman–Crippen LogP) is 3.66. The van der Waals surface area contributed by atoms with Crippen molar-refractivity contribution in [2.45, 2.75) is 59.0 Å². The lowest BCUT2D eigenvalue weighted by molar-refractivity contribution is 0.0950. The van der Waals surface area contributed by atoms with E-state index in [0.717, 1.165) is 35.1 Å². The van der Waals surface area contributed by atoms with Crippen LogP contribution < -0.4 is 11.0 Å². The van der Waals surface area contributed by atoms with Gasteiger partial charge < -0.3 is 10.3 Å². The van der Waals surface area contributed by atoms with Crippen LogP contribution in [0.1, 0.15) is 55.1 Å². The monoisotopic (exact) mass is 378 g/mol. The molecule has 0 bridgehead atoms. The third-order valence-electron chi connectivity index (χ3n) is 5.23. The van der Waals surface area contributed by atoms with E-state index in [0.29, 0.717) is 22.8 Å². The summed E-state index contributed by atoms with van der Waals surface area (Å²) in [5.74, 6) is -0.0254. The number of imidazole rings is 1. The minimum absolute atomic E-state index is 0.0254. The van der Waals surface area contributed by atoms with Crippen LogP contribution in [0.4, 0.5) is 0 Å². The number of aryl methyl sites for hydroxylation is 2. The average molecular weight is 378 g/mol. The maximum absolute atomic E-state index is 12.6. The molecule has 4 rings (SSSR count). The second-order valence-electron chi connectivity index (χ2n) is 8.76. The van der Waals surface area contributed by atoms with E-state index < -0.39 is 0 Å². The average Bonchev–Trinajstić information content (AvgIpc) is 3.32. The van der Waals surface area contributed by atoms with Crippen LogP contribution in [0.15, 0.2) is 29.2 Å². The van der Waals surface area contributed by atoms with Gasteiger partial charge in [-0.15, -0.1) is 0 Å². The number of aromatic nitrogens is 3. The van der Waals surface area contributed by atoms with E-state index in [1.165, 1.54) is 0 Å². The summed E-state index contributed by atoms with van der Waals surface area (Å²) >= 11 is 0. The largest absolute Gasteiger partial charge is 0.349 e. The van der Waals surface area contributed by atoms with Crippen molar-refractivity contribution < 1.29 is 4.79 Å². The number of H-pyrrole nitrogens is 1. The smallest absolute Gasteiger partial charge is 0.328 e. The molecule has 0 atom stereocenters. The van der Waals surface area contributed by atoms with E-state index in [1.807, 2.05) is 52.8 Å². The second-order valence-corrected chi connectivity index (χ2v) is 8.76. The van der Waals surface area contributed by atoms with Gasteiger partial charge in [-0.3, -0.25) is 9.36 Å².